The second-order valence-corrected chi connectivity index (χ2v) is 7.46. The summed E-state index contributed by atoms with van der Waals surface area (Å²) in [7, 11) is 0. The molecule has 8 heteroatoms. The largest absolute Gasteiger partial charge is 0.444 e. The molecule has 1 aliphatic rings. The van der Waals surface area contributed by atoms with Crippen LogP contribution in [0.1, 0.15) is 53.4 Å². The Labute approximate surface area is 140 Å². The van der Waals surface area contributed by atoms with Gasteiger partial charge in [0, 0.05) is 6.04 Å². The average Bonchev–Trinajstić information content (AvgIpc) is 3.11. The highest BCUT2D eigenvalue weighted by Gasteiger charge is 2.39. The summed E-state index contributed by atoms with van der Waals surface area (Å²) in [6.07, 6.45) is 2.67. The highest BCUT2D eigenvalue weighted by molar-refractivity contribution is 7.13. The van der Waals surface area contributed by atoms with Gasteiger partial charge < -0.3 is 10.1 Å². The number of anilines is 1. The maximum absolute atomic E-state index is 12.9. The van der Waals surface area contributed by atoms with E-state index in [0.29, 0.717) is 11.6 Å². The first kappa shape index (κ1) is 17.7. The van der Waals surface area contributed by atoms with Gasteiger partial charge in [0.25, 0.3) is 5.91 Å². The number of amides is 2. The molecule has 1 atom stereocenters. The van der Waals surface area contributed by atoms with Gasteiger partial charge in [-0.05, 0) is 40.0 Å². The second-order valence-electron chi connectivity index (χ2n) is 6.65. The highest BCUT2D eigenvalue weighted by atomic mass is 32.1. The molecule has 0 bridgehead atoms. The normalized spacial score (nSPS) is 15.8. The molecule has 1 aliphatic carbocycles. The molecule has 128 valence electrons. The van der Waals surface area contributed by atoms with Crippen LogP contribution in [-0.2, 0) is 9.53 Å². The predicted octanol–water partition coefficient (Wildman–Crippen LogP) is 2.73. The van der Waals surface area contributed by atoms with E-state index >= 15 is 0 Å². The fourth-order valence-corrected chi connectivity index (χ4v) is 2.83. The quantitative estimate of drug-likeness (QED) is 0.861. The Balaban J connectivity index is 2.09. The lowest BCUT2D eigenvalue weighted by Gasteiger charge is -2.27. The smallest absolute Gasteiger partial charge is 0.408 e. The third-order valence-electron chi connectivity index (χ3n) is 3.27. The molecule has 1 saturated carbocycles. The molecule has 2 amide bonds. The molecule has 1 aromatic rings. The van der Waals surface area contributed by atoms with Gasteiger partial charge in [-0.15, -0.1) is 10.2 Å². The number of aromatic nitrogens is 2. The van der Waals surface area contributed by atoms with Crippen LogP contribution in [0.2, 0.25) is 0 Å². The second kappa shape index (κ2) is 7.25. The van der Waals surface area contributed by atoms with Crippen molar-refractivity contribution in [3.05, 3.63) is 5.51 Å². The fraction of sp³-hybridized carbons (Fsp3) is 0.733. The average molecular weight is 340 g/mol. The van der Waals surface area contributed by atoms with E-state index in [9.17, 15) is 9.59 Å². The Kier molecular flexibility index (Phi) is 5.56. The van der Waals surface area contributed by atoms with Crippen LogP contribution in [0.3, 0.4) is 0 Å². The minimum Gasteiger partial charge on any atom is -0.444 e. The molecular weight excluding hydrogens is 316 g/mol. The molecule has 0 radical (unpaired) electrons. The van der Waals surface area contributed by atoms with E-state index in [1.807, 2.05) is 6.92 Å². The summed E-state index contributed by atoms with van der Waals surface area (Å²) in [5.41, 5.74) is 1.01. The van der Waals surface area contributed by atoms with Crippen molar-refractivity contribution in [2.75, 3.05) is 4.90 Å². The van der Waals surface area contributed by atoms with Crippen LogP contribution in [0.5, 0.6) is 0 Å². The van der Waals surface area contributed by atoms with Crippen molar-refractivity contribution in [3.8, 4) is 0 Å². The lowest BCUT2D eigenvalue weighted by Crippen LogP contribution is -2.50. The SMILES string of the molecule is CCCC(NC(=O)OC(C)(C)C)C(=O)N(c1nncs1)C1CC1. The molecule has 0 saturated heterocycles. The number of alkyl carbamates (subject to hydrolysis) is 1. The van der Waals surface area contributed by atoms with Gasteiger partial charge in [0.2, 0.25) is 5.13 Å². The summed E-state index contributed by atoms with van der Waals surface area (Å²) in [6.45, 7) is 7.35. The van der Waals surface area contributed by atoms with Crippen LogP contribution in [0.25, 0.3) is 0 Å². The van der Waals surface area contributed by atoms with Crippen molar-refractivity contribution in [1.82, 2.24) is 15.5 Å². The number of carbonyl (C=O) groups excluding carboxylic acids is 2. The van der Waals surface area contributed by atoms with E-state index < -0.39 is 17.7 Å². The Hall–Kier alpha value is -1.70. The molecule has 23 heavy (non-hydrogen) atoms. The molecule has 0 aromatic carbocycles. The van der Waals surface area contributed by atoms with Gasteiger partial charge in [-0.25, -0.2) is 4.79 Å². The van der Waals surface area contributed by atoms with Gasteiger partial charge in [-0.1, -0.05) is 24.7 Å². The zero-order valence-electron chi connectivity index (χ0n) is 14.0. The highest BCUT2D eigenvalue weighted by Crippen LogP contribution is 2.33. The lowest BCUT2D eigenvalue weighted by atomic mass is 10.1. The van der Waals surface area contributed by atoms with Gasteiger partial charge in [0.05, 0.1) is 0 Å². The van der Waals surface area contributed by atoms with Crippen molar-refractivity contribution in [3.63, 3.8) is 0 Å². The number of hydrogen-bond donors (Lipinski definition) is 1. The molecule has 0 spiro atoms. The molecule has 1 unspecified atom stereocenters. The van der Waals surface area contributed by atoms with Crippen LogP contribution < -0.4 is 10.2 Å². The van der Waals surface area contributed by atoms with Gasteiger partial charge >= 0.3 is 6.09 Å². The summed E-state index contributed by atoms with van der Waals surface area (Å²) in [5, 5.41) is 11.1. The number of hydrogen-bond acceptors (Lipinski definition) is 6. The zero-order chi connectivity index (χ0) is 17.0. The first-order valence-corrected chi connectivity index (χ1v) is 8.78. The number of rotatable bonds is 6. The molecule has 1 N–H and O–H groups in total. The third kappa shape index (κ3) is 5.16. The predicted molar refractivity (Wildman–Crippen MR) is 88.5 cm³/mol. The molecular formula is C15H24N4O3S. The maximum atomic E-state index is 12.9. The summed E-state index contributed by atoms with van der Waals surface area (Å²) < 4.78 is 5.27. The van der Waals surface area contributed by atoms with E-state index in [4.69, 9.17) is 4.74 Å². The molecule has 1 fully saturated rings. The van der Waals surface area contributed by atoms with Crippen molar-refractivity contribution < 1.29 is 14.3 Å². The summed E-state index contributed by atoms with van der Waals surface area (Å²) in [4.78, 5) is 26.6. The fourth-order valence-electron chi connectivity index (χ4n) is 2.20. The Morgan fingerprint density at radius 2 is 2.17 bits per heavy atom. The minimum atomic E-state index is -0.612. The van der Waals surface area contributed by atoms with Crippen LogP contribution in [0.4, 0.5) is 9.93 Å². The van der Waals surface area contributed by atoms with E-state index in [0.717, 1.165) is 19.3 Å². The van der Waals surface area contributed by atoms with Gasteiger partial charge in [0.15, 0.2) is 0 Å². The Morgan fingerprint density at radius 3 is 2.65 bits per heavy atom. The van der Waals surface area contributed by atoms with E-state index in [1.165, 1.54) is 11.3 Å². The van der Waals surface area contributed by atoms with Crippen LogP contribution in [0.15, 0.2) is 5.51 Å². The number of nitrogens with one attached hydrogen (secondary N) is 1. The van der Waals surface area contributed by atoms with E-state index in [1.54, 1.807) is 31.2 Å². The first-order chi connectivity index (χ1) is 10.8. The zero-order valence-corrected chi connectivity index (χ0v) is 14.9. The van der Waals surface area contributed by atoms with Gasteiger partial charge in [-0.2, -0.15) is 0 Å². The van der Waals surface area contributed by atoms with Crippen LogP contribution >= 0.6 is 11.3 Å². The van der Waals surface area contributed by atoms with Crippen molar-refractivity contribution in [2.45, 2.75) is 71.1 Å². The first-order valence-electron chi connectivity index (χ1n) is 7.90. The van der Waals surface area contributed by atoms with E-state index in [2.05, 4.69) is 15.5 Å². The number of nitrogens with zero attached hydrogens (tertiary/aromatic N) is 3. The molecule has 1 heterocycles. The molecule has 0 aliphatic heterocycles. The van der Waals surface area contributed by atoms with Gasteiger partial charge in [0.1, 0.15) is 17.2 Å². The summed E-state index contributed by atoms with van der Waals surface area (Å²) in [5.74, 6) is -0.142. The van der Waals surface area contributed by atoms with Crippen LogP contribution in [0, 0.1) is 0 Å². The van der Waals surface area contributed by atoms with Crippen molar-refractivity contribution in [1.29, 1.82) is 0 Å². The standard InChI is InChI=1S/C15H24N4O3S/c1-5-6-11(17-14(21)22-15(2,3)4)12(20)19(10-7-8-10)13-18-16-9-23-13/h9-11H,5-8H2,1-4H3,(H,17,21). The molecule has 7 nitrogen and oxygen atoms in total. The van der Waals surface area contributed by atoms with Crippen LogP contribution in [-0.4, -0.2) is 39.9 Å². The summed E-state index contributed by atoms with van der Waals surface area (Å²) in [6, 6.07) is -0.449. The molecule has 1 aromatic heterocycles. The Bertz CT molecular complexity index is 537. The summed E-state index contributed by atoms with van der Waals surface area (Å²) >= 11 is 1.33. The van der Waals surface area contributed by atoms with Crippen molar-refractivity contribution in [2.24, 2.45) is 0 Å². The topological polar surface area (TPSA) is 84.4 Å². The number of ether oxygens (including phenoxy) is 1. The maximum Gasteiger partial charge on any atom is 0.408 e. The van der Waals surface area contributed by atoms with E-state index in [-0.39, 0.29) is 11.9 Å². The monoisotopic (exact) mass is 340 g/mol. The lowest BCUT2D eigenvalue weighted by molar-refractivity contribution is -0.121. The van der Waals surface area contributed by atoms with Gasteiger partial charge in [-0.3, -0.25) is 9.69 Å². The Morgan fingerprint density at radius 1 is 1.48 bits per heavy atom. The van der Waals surface area contributed by atoms with Crippen molar-refractivity contribution >= 4 is 28.5 Å². The third-order valence-corrected chi connectivity index (χ3v) is 3.96. The molecule has 2 rings (SSSR count). The number of carbonyl (C=O) groups is 2. The minimum absolute atomic E-state index is 0.142.